The highest BCUT2D eigenvalue weighted by Gasteiger charge is 2.08. The van der Waals surface area contributed by atoms with Crippen LogP contribution in [0.25, 0.3) is 0 Å². The molecule has 1 aromatic carbocycles. The fourth-order valence-corrected chi connectivity index (χ4v) is 2.06. The molecule has 0 fully saturated rings. The van der Waals surface area contributed by atoms with Crippen LogP contribution >= 0.6 is 0 Å². The van der Waals surface area contributed by atoms with Crippen LogP contribution in [0.4, 0.5) is 0 Å². The van der Waals surface area contributed by atoms with Crippen molar-refractivity contribution in [3.63, 3.8) is 0 Å². The smallest absolute Gasteiger partial charge is 0.294 e. The van der Waals surface area contributed by atoms with Gasteiger partial charge in [0.25, 0.3) is 10.1 Å². The zero-order chi connectivity index (χ0) is 16.6. The predicted molar refractivity (Wildman–Crippen MR) is 86.0 cm³/mol. The van der Waals surface area contributed by atoms with Crippen molar-refractivity contribution in [2.45, 2.75) is 17.9 Å². The quantitative estimate of drug-likeness (QED) is 0.334. The second kappa shape index (κ2) is 8.24. The van der Waals surface area contributed by atoms with Crippen molar-refractivity contribution in [1.29, 1.82) is 0 Å². The van der Waals surface area contributed by atoms with Gasteiger partial charge in [0, 0.05) is 30.9 Å². The van der Waals surface area contributed by atoms with Crippen LogP contribution in [-0.2, 0) is 16.7 Å². The number of hydrogen-bond acceptors (Lipinski definition) is 5. The van der Waals surface area contributed by atoms with Gasteiger partial charge in [0.05, 0.1) is 4.90 Å². The molecule has 0 bridgehead atoms. The van der Waals surface area contributed by atoms with Crippen LogP contribution in [0, 0.1) is 12.3 Å². The van der Waals surface area contributed by atoms with E-state index in [4.69, 9.17) is 22.4 Å². The molecule has 0 atom stereocenters. The molecular weight excluding hydrogens is 302 g/mol. The van der Waals surface area contributed by atoms with E-state index in [2.05, 4.69) is 11.2 Å². The zero-order valence-corrected chi connectivity index (χ0v) is 12.8. The molecule has 0 saturated heterocycles. The van der Waals surface area contributed by atoms with E-state index in [1.165, 1.54) is 12.1 Å². The van der Waals surface area contributed by atoms with Crippen molar-refractivity contribution in [2.75, 3.05) is 6.54 Å². The largest absolute Gasteiger partial charge is 0.401 e. The Labute approximate surface area is 130 Å². The van der Waals surface area contributed by atoms with E-state index in [-0.39, 0.29) is 4.90 Å². The van der Waals surface area contributed by atoms with Crippen molar-refractivity contribution >= 4 is 10.1 Å². The standard InChI is InChI=1S/C15H19N3O3S/c1-2-3-13(17)6-7-14(10-16)18-11-12-4-8-15(9-5-12)22(19,20)21/h1,4-9,18H,3,10-11,16-17H2,(H,19,20,21)/b13-6+,14-7+. The Morgan fingerprint density at radius 2 is 1.95 bits per heavy atom. The van der Waals surface area contributed by atoms with Gasteiger partial charge in [0.15, 0.2) is 0 Å². The Kier molecular flexibility index (Phi) is 6.66. The molecule has 6 nitrogen and oxygen atoms in total. The molecule has 0 amide bonds. The zero-order valence-electron chi connectivity index (χ0n) is 12.0. The van der Waals surface area contributed by atoms with Gasteiger partial charge in [-0.3, -0.25) is 4.55 Å². The second-order valence-corrected chi connectivity index (χ2v) is 5.91. The molecule has 118 valence electrons. The van der Waals surface area contributed by atoms with E-state index in [9.17, 15) is 8.42 Å². The lowest BCUT2D eigenvalue weighted by atomic mass is 10.2. The monoisotopic (exact) mass is 321 g/mol. The van der Waals surface area contributed by atoms with Crippen LogP contribution in [0.1, 0.15) is 12.0 Å². The SMILES string of the molecule is C#CC/C(N)=C\C=C(/CN)NCc1ccc(S(=O)(=O)O)cc1. The summed E-state index contributed by atoms with van der Waals surface area (Å²) in [7, 11) is -4.17. The summed E-state index contributed by atoms with van der Waals surface area (Å²) >= 11 is 0. The van der Waals surface area contributed by atoms with Crippen molar-refractivity contribution in [1.82, 2.24) is 5.32 Å². The Morgan fingerprint density at radius 1 is 1.32 bits per heavy atom. The van der Waals surface area contributed by atoms with Gasteiger partial charge in [0.2, 0.25) is 0 Å². The molecule has 22 heavy (non-hydrogen) atoms. The minimum atomic E-state index is -4.17. The first kappa shape index (κ1) is 17.8. The normalized spacial score (nSPS) is 12.8. The van der Waals surface area contributed by atoms with Crippen LogP contribution in [0.5, 0.6) is 0 Å². The van der Waals surface area contributed by atoms with Crippen LogP contribution in [0.3, 0.4) is 0 Å². The summed E-state index contributed by atoms with van der Waals surface area (Å²) in [6.45, 7) is 0.751. The van der Waals surface area contributed by atoms with Crippen LogP contribution in [-0.4, -0.2) is 19.5 Å². The van der Waals surface area contributed by atoms with E-state index in [0.717, 1.165) is 11.3 Å². The molecule has 7 heteroatoms. The van der Waals surface area contributed by atoms with Crippen LogP contribution < -0.4 is 16.8 Å². The number of benzene rings is 1. The third-order valence-electron chi connectivity index (χ3n) is 2.77. The van der Waals surface area contributed by atoms with Crippen molar-refractivity contribution in [3.05, 3.63) is 53.4 Å². The number of nitrogens with two attached hydrogens (primary N) is 2. The molecule has 0 heterocycles. The fourth-order valence-electron chi connectivity index (χ4n) is 1.58. The Balaban J connectivity index is 2.70. The average molecular weight is 321 g/mol. The minimum Gasteiger partial charge on any atom is -0.401 e. The molecule has 0 aliphatic heterocycles. The summed E-state index contributed by atoms with van der Waals surface area (Å²) in [5, 5.41) is 3.11. The molecule has 1 rings (SSSR count). The van der Waals surface area contributed by atoms with Crippen LogP contribution in [0.15, 0.2) is 52.7 Å². The number of rotatable bonds is 7. The van der Waals surface area contributed by atoms with Crippen LogP contribution in [0.2, 0.25) is 0 Å². The summed E-state index contributed by atoms with van der Waals surface area (Å²) in [4.78, 5) is -0.143. The van der Waals surface area contributed by atoms with E-state index in [1.807, 2.05) is 0 Å². The Hall–Kier alpha value is -2.27. The van der Waals surface area contributed by atoms with Gasteiger partial charge < -0.3 is 16.8 Å². The molecule has 0 saturated carbocycles. The van der Waals surface area contributed by atoms with Crippen molar-refractivity contribution in [3.8, 4) is 12.3 Å². The van der Waals surface area contributed by atoms with Gasteiger partial charge in [-0.15, -0.1) is 12.3 Å². The first-order valence-electron chi connectivity index (χ1n) is 6.46. The number of hydrogen-bond donors (Lipinski definition) is 4. The molecule has 0 aliphatic rings. The lowest BCUT2D eigenvalue weighted by Gasteiger charge is -2.09. The summed E-state index contributed by atoms with van der Waals surface area (Å²) in [5.74, 6) is 2.44. The number of nitrogens with one attached hydrogen (secondary N) is 1. The van der Waals surface area contributed by atoms with Crippen molar-refractivity contribution in [2.24, 2.45) is 11.5 Å². The molecular formula is C15H19N3O3S. The van der Waals surface area contributed by atoms with E-state index < -0.39 is 10.1 Å². The predicted octanol–water partition coefficient (Wildman–Crippen LogP) is 0.731. The first-order chi connectivity index (χ1) is 10.4. The maximum absolute atomic E-state index is 10.9. The maximum atomic E-state index is 10.9. The highest BCUT2D eigenvalue weighted by Crippen LogP contribution is 2.10. The molecule has 0 spiro atoms. The van der Waals surface area contributed by atoms with Gasteiger partial charge in [-0.25, -0.2) is 0 Å². The summed E-state index contributed by atoms with van der Waals surface area (Å²) in [6, 6.07) is 5.88. The topological polar surface area (TPSA) is 118 Å². The highest BCUT2D eigenvalue weighted by atomic mass is 32.2. The molecule has 0 aliphatic carbocycles. The van der Waals surface area contributed by atoms with Gasteiger partial charge in [-0.05, 0) is 29.8 Å². The molecule has 1 aromatic rings. The third-order valence-corrected chi connectivity index (χ3v) is 3.63. The molecule has 0 unspecified atom stereocenters. The van der Waals surface area contributed by atoms with Gasteiger partial charge in [-0.1, -0.05) is 12.1 Å². The number of terminal acetylenes is 1. The van der Waals surface area contributed by atoms with E-state index >= 15 is 0 Å². The summed E-state index contributed by atoms with van der Waals surface area (Å²) < 4.78 is 30.8. The Bertz CT molecular complexity index is 699. The van der Waals surface area contributed by atoms with Crippen molar-refractivity contribution < 1.29 is 13.0 Å². The first-order valence-corrected chi connectivity index (χ1v) is 7.90. The Morgan fingerprint density at radius 3 is 2.45 bits per heavy atom. The summed E-state index contributed by atoms with van der Waals surface area (Å²) in [6.07, 6.45) is 8.96. The van der Waals surface area contributed by atoms with Gasteiger partial charge in [-0.2, -0.15) is 8.42 Å². The molecule has 6 N–H and O–H groups in total. The lowest BCUT2D eigenvalue weighted by molar-refractivity contribution is 0.483. The minimum absolute atomic E-state index is 0.143. The maximum Gasteiger partial charge on any atom is 0.294 e. The van der Waals surface area contributed by atoms with E-state index in [1.54, 1.807) is 24.3 Å². The van der Waals surface area contributed by atoms with Gasteiger partial charge >= 0.3 is 0 Å². The van der Waals surface area contributed by atoms with E-state index in [0.29, 0.717) is 25.2 Å². The third kappa shape index (κ3) is 6.01. The molecule has 0 aromatic heterocycles. The van der Waals surface area contributed by atoms with Gasteiger partial charge in [0.1, 0.15) is 0 Å². The average Bonchev–Trinajstić information content (AvgIpc) is 2.47. The molecule has 0 radical (unpaired) electrons. The highest BCUT2D eigenvalue weighted by molar-refractivity contribution is 7.85. The number of allylic oxidation sites excluding steroid dienone is 3. The second-order valence-electron chi connectivity index (χ2n) is 4.49. The summed E-state index contributed by atoms with van der Waals surface area (Å²) in [5.41, 5.74) is 13.5. The fraction of sp³-hybridized carbons (Fsp3) is 0.200. The lowest BCUT2D eigenvalue weighted by Crippen LogP contribution is -2.20.